The van der Waals surface area contributed by atoms with Gasteiger partial charge in [0.1, 0.15) is 6.04 Å². The maximum Gasteiger partial charge on any atom is 0.248 e. The number of nitrogens with two attached hydrogens (primary N) is 1. The third-order valence-electron chi connectivity index (χ3n) is 4.26. The molecule has 124 valence electrons. The van der Waals surface area contributed by atoms with Crippen molar-refractivity contribution in [2.75, 3.05) is 26.2 Å². The van der Waals surface area contributed by atoms with E-state index in [1.165, 1.54) is 0 Å². The molecule has 2 atom stereocenters. The normalized spacial score (nSPS) is 26.1. The van der Waals surface area contributed by atoms with E-state index in [0.717, 1.165) is 12.8 Å². The largest absolute Gasteiger partial charge is 0.367 e. The lowest BCUT2D eigenvalue weighted by Crippen LogP contribution is -2.58. The summed E-state index contributed by atoms with van der Waals surface area (Å²) in [6.07, 6.45) is 1.78. The average molecular weight is 311 g/mol. The summed E-state index contributed by atoms with van der Waals surface area (Å²) in [5.74, 6) is -0.770. The average Bonchev–Trinajstić information content (AvgIpc) is 2.53. The van der Waals surface area contributed by atoms with Crippen molar-refractivity contribution in [1.29, 1.82) is 0 Å². The van der Waals surface area contributed by atoms with Crippen molar-refractivity contribution in [3.8, 4) is 0 Å². The number of carbonyl (C=O) groups excluding carboxylic acids is 3. The summed E-state index contributed by atoms with van der Waals surface area (Å²) in [4.78, 5) is 39.7. The second-order valence-corrected chi connectivity index (χ2v) is 6.24. The van der Waals surface area contributed by atoms with Gasteiger partial charge in [-0.2, -0.15) is 0 Å². The van der Waals surface area contributed by atoms with Gasteiger partial charge in [-0.15, -0.1) is 0 Å². The van der Waals surface area contributed by atoms with Crippen LogP contribution in [0.5, 0.6) is 0 Å². The number of hydrogen-bond acceptors (Lipinski definition) is 4. The van der Waals surface area contributed by atoms with E-state index in [9.17, 15) is 14.4 Å². The third kappa shape index (κ3) is 3.58. The lowest BCUT2D eigenvalue weighted by Gasteiger charge is -2.40. The van der Waals surface area contributed by atoms with Crippen LogP contribution in [0.3, 0.4) is 0 Å². The minimum Gasteiger partial charge on any atom is -0.367 e. The Morgan fingerprint density at radius 3 is 2.55 bits per heavy atom. The van der Waals surface area contributed by atoms with Crippen LogP contribution in [0.1, 0.15) is 33.1 Å². The minimum absolute atomic E-state index is 0.0118. The van der Waals surface area contributed by atoms with Crippen molar-refractivity contribution < 1.29 is 19.1 Å². The number of primary amides is 1. The second-order valence-electron chi connectivity index (χ2n) is 6.24. The Hall–Kier alpha value is -1.63. The van der Waals surface area contributed by atoms with Crippen molar-refractivity contribution >= 4 is 17.7 Å². The fourth-order valence-corrected chi connectivity index (χ4v) is 3.02. The van der Waals surface area contributed by atoms with Crippen molar-refractivity contribution in [2.45, 2.75) is 45.3 Å². The van der Waals surface area contributed by atoms with Gasteiger partial charge in [0.15, 0.2) is 6.10 Å². The summed E-state index contributed by atoms with van der Waals surface area (Å²) in [7, 11) is 0. The van der Waals surface area contributed by atoms with Gasteiger partial charge in [0.2, 0.25) is 17.7 Å². The number of carbonyl (C=O) groups is 3. The van der Waals surface area contributed by atoms with Crippen molar-refractivity contribution in [3.63, 3.8) is 0 Å². The van der Waals surface area contributed by atoms with Gasteiger partial charge >= 0.3 is 0 Å². The quantitative estimate of drug-likeness (QED) is 0.777. The summed E-state index contributed by atoms with van der Waals surface area (Å²) >= 11 is 0. The fraction of sp³-hybridized carbons (Fsp3) is 0.800. The molecule has 0 radical (unpaired) electrons. The number of rotatable bonds is 3. The Kier molecular flexibility index (Phi) is 5.39. The van der Waals surface area contributed by atoms with Crippen molar-refractivity contribution in [3.05, 3.63) is 0 Å². The molecular weight excluding hydrogens is 286 g/mol. The number of likely N-dealkylation sites (tertiary alicyclic amines) is 1. The van der Waals surface area contributed by atoms with E-state index in [-0.39, 0.29) is 24.3 Å². The summed E-state index contributed by atoms with van der Waals surface area (Å²) in [6.45, 7) is 5.21. The Balaban J connectivity index is 2.08. The number of amides is 3. The maximum atomic E-state index is 12.8. The molecular formula is C15H25N3O4. The molecule has 3 amide bonds. The molecule has 0 saturated carbocycles. The van der Waals surface area contributed by atoms with Crippen molar-refractivity contribution in [2.24, 2.45) is 11.7 Å². The molecule has 2 heterocycles. The Morgan fingerprint density at radius 1 is 1.18 bits per heavy atom. The van der Waals surface area contributed by atoms with E-state index in [2.05, 4.69) is 0 Å². The Morgan fingerprint density at radius 2 is 1.91 bits per heavy atom. The molecule has 22 heavy (non-hydrogen) atoms. The lowest BCUT2D eigenvalue weighted by atomic mass is 9.98. The lowest BCUT2D eigenvalue weighted by molar-refractivity contribution is -0.156. The molecule has 2 unspecified atom stereocenters. The molecule has 0 aliphatic carbocycles. The number of piperidine rings is 1. The van der Waals surface area contributed by atoms with Crippen LogP contribution in [-0.2, 0) is 19.1 Å². The summed E-state index contributed by atoms with van der Waals surface area (Å²) in [5.41, 5.74) is 5.26. The van der Waals surface area contributed by atoms with E-state index in [0.29, 0.717) is 26.1 Å². The SMILES string of the molecule is CC(C)C(=O)N1CCCCC1C(=O)N1CCOC(C(N)=O)C1. The van der Waals surface area contributed by atoms with E-state index in [4.69, 9.17) is 10.5 Å². The molecule has 2 fully saturated rings. The first kappa shape index (κ1) is 16.7. The van der Waals surface area contributed by atoms with Crippen LogP contribution in [-0.4, -0.2) is 65.9 Å². The number of hydrogen-bond donors (Lipinski definition) is 1. The van der Waals surface area contributed by atoms with Crippen LogP contribution in [0.15, 0.2) is 0 Å². The molecule has 2 rings (SSSR count). The van der Waals surface area contributed by atoms with Gasteiger partial charge in [0.05, 0.1) is 13.2 Å². The zero-order valence-electron chi connectivity index (χ0n) is 13.3. The number of morpholine rings is 1. The molecule has 2 aliphatic rings. The molecule has 0 aromatic rings. The van der Waals surface area contributed by atoms with E-state index in [1.54, 1.807) is 9.80 Å². The standard InChI is InChI=1S/C15H25N3O4/c1-10(2)14(20)18-6-4-3-5-11(18)15(21)17-7-8-22-12(9-17)13(16)19/h10-12H,3-9H2,1-2H3,(H2,16,19). The van der Waals surface area contributed by atoms with Gasteiger partial charge < -0.3 is 20.3 Å². The van der Waals surface area contributed by atoms with Crippen molar-refractivity contribution in [1.82, 2.24) is 9.80 Å². The Labute approximate surface area is 130 Å². The highest BCUT2D eigenvalue weighted by atomic mass is 16.5. The summed E-state index contributed by atoms with van der Waals surface area (Å²) in [5, 5.41) is 0. The topological polar surface area (TPSA) is 92.9 Å². The zero-order chi connectivity index (χ0) is 16.3. The summed E-state index contributed by atoms with van der Waals surface area (Å²) in [6, 6.07) is -0.421. The number of ether oxygens (including phenoxy) is 1. The van der Waals surface area contributed by atoms with Crippen LogP contribution in [0, 0.1) is 5.92 Å². The van der Waals surface area contributed by atoms with Crippen LogP contribution in [0.25, 0.3) is 0 Å². The van der Waals surface area contributed by atoms with E-state index < -0.39 is 18.1 Å². The fourth-order valence-electron chi connectivity index (χ4n) is 3.02. The van der Waals surface area contributed by atoms with Crippen LogP contribution >= 0.6 is 0 Å². The molecule has 0 bridgehead atoms. The van der Waals surface area contributed by atoms with Crippen LogP contribution in [0.4, 0.5) is 0 Å². The van der Waals surface area contributed by atoms with Gasteiger partial charge in [-0.3, -0.25) is 14.4 Å². The van der Waals surface area contributed by atoms with Crippen LogP contribution < -0.4 is 5.73 Å². The molecule has 7 nitrogen and oxygen atoms in total. The molecule has 2 N–H and O–H groups in total. The smallest absolute Gasteiger partial charge is 0.248 e. The summed E-state index contributed by atoms with van der Waals surface area (Å²) < 4.78 is 5.27. The first-order valence-electron chi connectivity index (χ1n) is 7.92. The number of nitrogens with zero attached hydrogens (tertiary/aromatic N) is 2. The first-order valence-corrected chi connectivity index (χ1v) is 7.92. The Bertz CT molecular complexity index is 452. The highest BCUT2D eigenvalue weighted by Gasteiger charge is 2.37. The van der Waals surface area contributed by atoms with E-state index in [1.807, 2.05) is 13.8 Å². The zero-order valence-corrected chi connectivity index (χ0v) is 13.3. The van der Waals surface area contributed by atoms with E-state index >= 15 is 0 Å². The molecule has 0 spiro atoms. The molecule has 2 saturated heterocycles. The molecule has 7 heteroatoms. The minimum atomic E-state index is -0.754. The first-order chi connectivity index (χ1) is 10.4. The highest BCUT2D eigenvalue weighted by molar-refractivity contribution is 5.89. The van der Waals surface area contributed by atoms with Gasteiger partial charge in [-0.25, -0.2) is 0 Å². The maximum absolute atomic E-state index is 12.8. The van der Waals surface area contributed by atoms with Gasteiger partial charge in [0, 0.05) is 19.0 Å². The highest BCUT2D eigenvalue weighted by Crippen LogP contribution is 2.22. The molecule has 0 aromatic carbocycles. The predicted molar refractivity (Wildman–Crippen MR) is 79.7 cm³/mol. The molecule has 2 aliphatic heterocycles. The van der Waals surface area contributed by atoms with Gasteiger partial charge in [-0.1, -0.05) is 13.8 Å². The van der Waals surface area contributed by atoms with Gasteiger partial charge in [-0.05, 0) is 19.3 Å². The van der Waals surface area contributed by atoms with Gasteiger partial charge in [0.25, 0.3) is 0 Å². The third-order valence-corrected chi connectivity index (χ3v) is 4.26. The van der Waals surface area contributed by atoms with Crippen LogP contribution in [0.2, 0.25) is 0 Å². The predicted octanol–water partition coefficient (Wildman–Crippen LogP) is -0.264. The molecule has 0 aromatic heterocycles. The second kappa shape index (κ2) is 7.09. The monoisotopic (exact) mass is 311 g/mol.